The van der Waals surface area contributed by atoms with Gasteiger partial charge in [0.1, 0.15) is 10.7 Å². The van der Waals surface area contributed by atoms with Crippen LogP contribution >= 0.6 is 12.2 Å². The summed E-state index contributed by atoms with van der Waals surface area (Å²) in [6.45, 7) is 9.94. The van der Waals surface area contributed by atoms with Gasteiger partial charge in [0, 0.05) is 0 Å². The fourth-order valence-electron chi connectivity index (χ4n) is 1.37. The first-order valence-electron chi connectivity index (χ1n) is 5.31. The molecule has 88 valence electrons. The number of ether oxygens (including phenoxy) is 1. The predicted molar refractivity (Wildman–Crippen MR) is 72.1 cm³/mol. The van der Waals surface area contributed by atoms with Crippen molar-refractivity contribution in [3.63, 3.8) is 0 Å². The molecule has 1 aromatic rings. The van der Waals surface area contributed by atoms with E-state index in [1.165, 1.54) is 11.1 Å². The van der Waals surface area contributed by atoms with E-state index in [0.717, 1.165) is 11.3 Å². The first kappa shape index (κ1) is 13.0. The lowest BCUT2D eigenvalue weighted by molar-refractivity contribution is 0.182. The lowest BCUT2D eigenvalue weighted by Crippen LogP contribution is -2.42. The molecule has 16 heavy (non-hydrogen) atoms. The van der Waals surface area contributed by atoms with Crippen LogP contribution in [-0.4, -0.2) is 10.6 Å². The monoisotopic (exact) mass is 237 g/mol. The summed E-state index contributed by atoms with van der Waals surface area (Å²) < 4.78 is 5.86. The second kappa shape index (κ2) is 4.42. The highest BCUT2D eigenvalue weighted by Gasteiger charge is 2.24. The zero-order chi connectivity index (χ0) is 12.5. The highest BCUT2D eigenvalue weighted by atomic mass is 32.1. The summed E-state index contributed by atoms with van der Waals surface area (Å²) in [5.74, 6) is 0.848. The lowest BCUT2D eigenvalue weighted by Gasteiger charge is -2.26. The number of thiocarbonyl (C=S) groups is 1. The smallest absolute Gasteiger partial charge is 0.153 e. The number of rotatable bonds is 3. The minimum Gasteiger partial charge on any atom is -0.480 e. The number of benzene rings is 1. The minimum atomic E-state index is -0.609. The van der Waals surface area contributed by atoms with E-state index in [1.54, 1.807) is 0 Å². The zero-order valence-corrected chi connectivity index (χ0v) is 11.4. The molecule has 0 amide bonds. The fraction of sp³-hybridized carbons (Fsp3) is 0.462. The van der Waals surface area contributed by atoms with Crippen LogP contribution in [-0.2, 0) is 0 Å². The Labute approximate surface area is 103 Å². The van der Waals surface area contributed by atoms with E-state index < -0.39 is 5.60 Å². The van der Waals surface area contributed by atoms with Gasteiger partial charge >= 0.3 is 0 Å². The van der Waals surface area contributed by atoms with Crippen molar-refractivity contribution in [2.45, 2.75) is 40.2 Å². The third-order valence-corrected chi connectivity index (χ3v) is 3.24. The minimum absolute atomic E-state index is 0.366. The van der Waals surface area contributed by atoms with Gasteiger partial charge in [0.15, 0.2) is 5.60 Å². The van der Waals surface area contributed by atoms with Crippen LogP contribution in [0.15, 0.2) is 12.1 Å². The van der Waals surface area contributed by atoms with Gasteiger partial charge in [0.05, 0.1) is 0 Å². The summed E-state index contributed by atoms with van der Waals surface area (Å²) >= 11 is 4.99. The molecule has 0 spiro atoms. The Morgan fingerprint density at radius 3 is 2.12 bits per heavy atom. The van der Waals surface area contributed by atoms with Gasteiger partial charge in [-0.05, 0) is 57.4 Å². The summed E-state index contributed by atoms with van der Waals surface area (Å²) in [6.07, 6.45) is 0. The quantitative estimate of drug-likeness (QED) is 0.821. The summed E-state index contributed by atoms with van der Waals surface area (Å²) in [7, 11) is 0. The van der Waals surface area contributed by atoms with Gasteiger partial charge in [-0.1, -0.05) is 18.3 Å². The number of hydrogen-bond donors (Lipinski definition) is 1. The number of hydrogen-bond acceptors (Lipinski definition) is 2. The van der Waals surface area contributed by atoms with E-state index in [1.807, 2.05) is 26.8 Å². The van der Waals surface area contributed by atoms with Crippen LogP contribution in [0.2, 0.25) is 0 Å². The third kappa shape index (κ3) is 2.73. The highest BCUT2D eigenvalue weighted by molar-refractivity contribution is 7.80. The van der Waals surface area contributed by atoms with Crippen molar-refractivity contribution < 1.29 is 4.74 Å². The highest BCUT2D eigenvalue weighted by Crippen LogP contribution is 2.26. The van der Waals surface area contributed by atoms with Crippen molar-refractivity contribution in [2.24, 2.45) is 5.73 Å². The molecule has 3 heteroatoms. The van der Waals surface area contributed by atoms with Crippen molar-refractivity contribution in [3.05, 3.63) is 28.8 Å². The largest absolute Gasteiger partial charge is 0.480 e. The number of nitrogens with two attached hydrogens (primary N) is 1. The first-order valence-corrected chi connectivity index (χ1v) is 5.71. The van der Waals surface area contributed by atoms with Crippen molar-refractivity contribution in [1.82, 2.24) is 0 Å². The molecule has 0 fully saturated rings. The SMILES string of the molecule is Cc1cc(C)c(OC(C)(C)C(N)=S)cc1C. The Balaban J connectivity index is 3.07. The summed E-state index contributed by atoms with van der Waals surface area (Å²) in [4.78, 5) is 0.366. The Morgan fingerprint density at radius 1 is 1.12 bits per heavy atom. The Hall–Kier alpha value is -1.09. The Kier molecular flexibility index (Phi) is 3.58. The van der Waals surface area contributed by atoms with Gasteiger partial charge in [0.2, 0.25) is 0 Å². The first-order chi connectivity index (χ1) is 7.24. The molecule has 0 radical (unpaired) electrons. The van der Waals surface area contributed by atoms with Crippen molar-refractivity contribution >= 4 is 17.2 Å². The van der Waals surface area contributed by atoms with E-state index in [9.17, 15) is 0 Å². The van der Waals surface area contributed by atoms with Crippen LogP contribution in [0, 0.1) is 20.8 Å². The molecule has 0 bridgehead atoms. The standard InChI is InChI=1S/C13H19NOS/c1-8-6-10(3)11(7-9(8)2)15-13(4,5)12(14)16/h6-7H,1-5H3,(H2,14,16). The summed E-state index contributed by atoms with van der Waals surface area (Å²) in [5.41, 5.74) is 8.61. The van der Waals surface area contributed by atoms with Crippen LogP contribution in [0.4, 0.5) is 0 Å². The van der Waals surface area contributed by atoms with Gasteiger partial charge in [0.25, 0.3) is 0 Å². The topological polar surface area (TPSA) is 35.2 Å². The lowest BCUT2D eigenvalue weighted by atomic mass is 10.0. The Morgan fingerprint density at radius 2 is 1.62 bits per heavy atom. The molecule has 1 aromatic carbocycles. The molecule has 1 rings (SSSR count). The molecule has 0 unspecified atom stereocenters. The molecule has 2 nitrogen and oxygen atoms in total. The average Bonchev–Trinajstić information content (AvgIpc) is 2.13. The normalized spacial score (nSPS) is 11.3. The molecule has 0 saturated carbocycles. The average molecular weight is 237 g/mol. The van der Waals surface area contributed by atoms with E-state index in [0.29, 0.717) is 4.99 Å². The second-order valence-corrected chi connectivity index (χ2v) is 5.12. The van der Waals surface area contributed by atoms with E-state index in [4.69, 9.17) is 22.7 Å². The van der Waals surface area contributed by atoms with Crippen molar-refractivity contribution in [2.75, 3.05) is 0 Å². The molecule has 0 aliphatic heterocycles. The third-order valence-electron chi connectivity index (χ3n) is 2.75. The maximum Gasteiger partial charge on any atom is 0.153 e. The van der Waals surface area contributed by atoms with E-state index in [-0.39, 0.29) is 0 Å². The van der Waals surface area contributed by atoms with Crippen LogP contribution in [0.3, 0.4) is 0 Å². The molecule has 0 saturated heterocycles. The van der Waals surface area contributed by atoms with Crippen LogP contribution in [0.5, 0.6) is 5.75 Å². The molecule has 0 aliphatic carbocycles. The summed E-state index contributed by atoms with van der Waals surface area (Å²) in [5, 5.41) is 0. The summed E-state index contributed by atoms with van der Waals surface area (Å²) in [6, 6.07) is 4.14. The zero-order valence-electron chi connectivity index (χ0n) is 10.5. The van der Waals surface area contributed by atoms with Gasteiger partial charge in [-0.2, -0.15) is 0 Å². The molecular formula is C13H19NOS. The fourth-order valence-corrected chi connectivity index (χ4v) is 1.41. The van der Waals surface area contributed by atoms with Gasteiger partial charge in [-0.3, -0.25) is 0 Å². The van der Waals surface area contributed by atoms with Gasteiger partial charge < -0.3 is 10.5 Å². The molecule has 0 aromatic heterocycles. The molecular weight excluding hydrogens is 218 g/mol. The molecule has 2 N–H and O–H groups in total. The maximum absolute atomic E-state index is 5.86. The molecule has 0 atom stereocenters. The van der Waals surface area contributed by atoms with E-state index >= 15 is 0 Å². The van der Waals surface area contributed by atoms with Crippen LogP contribution < -0.4 is 10.5 Å². The van der Waals surface area contributed by atoms with Crippen molar-refractivity contribution in [3.8, 4) is 5.75 Å². The van der Waals surface area contributed by atoms with Gasteiger partial charge in [-0.25, -0.2) is 0 Å². The number of aryl methyl sites for hydroxylation is 3. The second-order valence-electron chi connectivity index (χ2n) is 4.68. The Bertz CT molecular complexity index is 424. The predicted octanol–water partition coefficient (Wildman–Crippen LogP) is 3.06. The van der Waals surface area contributed by atoms with E-state index in [2.05, 4.69) is 19.9 Å². The van der Waals surface area contributed by atoms with Crippen LogP contribution in [0.25, 0.3) is 0 Å². The maximum atomic E-state index is 5.86. The van der Waals surface area contributed by atoms with Crippen molar-refractivity contribution in [1.29, 1.82) is 0 Å². The molecule has 0 aliphatic rings. The molecule has 0 heterocycles. The van der Waals surface area contributed by atoms with Crippen LogP contribution in [0.1, 0.15) is 30.5 Å². The van der Waals surface area contributed by atoms with Gasteiger partial charge in [-0.15, -0.1) is 0 Å².